The van der Waals surface area contributed by atoms with Gasteiger partial charge in [-0.3, -0.25) is 4.21 Å². The minimum atomic E-state index is -1.75. The van der Waals surface area contributed by atoms with E-state index in [1.165, 1.54) is 18.0 Å². The molecule has 0 spiro atoms. The molecule has 19 heavy (non-hydrogen) atoms. The van der Waals surface area contributed by atoms with Crippen molar-refractivity contribution >= 4 is 22.6 Å². The first kappa shape index (κ1) is 17.4. The molecule has 0 radical (unpaired) electrons. The van der Waals surface area contributed by atoms with Crippen LogP contribution >= 0.6 is 11.8 Å². The van der Waals surface area contributed by atoms with Crippen LogP contribution in [0.15, 0.2) is 0 Å². The molecule has 0 aromatic heterocycles. The Hall–Kier alpha value is 0.300. The van der Waals surface area contributed by atoms with Crippen LogP contribution in [-0.4, -0.2) is 71.9 Å². The van der Waals surface area contributed by atoms with Crippen LogP contribution in [0.1, 0.15) is 19.8 Å². The molecule has 1 aliphatic heterocycles. The van der Waals surface area contributed by atoms with Crippen LogP contribution in [0.2, 0.25) is 0 Å². The fourth-order valence-electron chi connectivity index (χ4n) is 1.88. The zero-order valence-corrected chi connectivity index (χ0v) is 12.7. The number of ether oxygens (including phenoxy) is 1. The molecule has 1 fully saturated rings. The van der Waals surface area contributed by atoms with Gasteiger partial charge in [0.05, 0.1) is 17.4 Å². The lowest BCUT2D eigenvalue weighted by Crippen LogP contribution is -2.66. The molecule has 114 valence electrons. The maximum absolute atomic E-state index is 11.8. The largest absolute Gasteiger partial charge is 0.392 e. The van der Waals surface area contributed by atoms with Gasteiger partial charge >= 0.3 is 0 Å². The molecule has 0 saturated carbocycles. The van der Waals surface area contributed by atoms with Crippen LogP contribution in [0.4, 0.5) is 0 Å². The molecular weight excluding hydrogens is 292 g/mol. The van der Waals surface area contributed by atoms with Gasteiger partial charge in [-0.05, 0) is 12.2 Å². The highest BCUT2D eigenvalue weighted by Gasteiger charge is 2.55. The maximum atomic E-state index is 11.8. The summed E-state index contributed by atoms with van der Waals surface area (Å²) in [6, 6.07) is 0. The van der Waals surface area contributed by atoms with Gasteiger partial charge in [0.1, 0.15) is 23.7 Å². The normalized spacial score (nSPS) is 41.2. The molecule has 1 saturated heterocycles. The smallest absolute Gasteiger partial charge is 0.194 e. The van der Waals surface area contributed by atoms with Gasteiger partial charge in [-0.2, -0.15) is 0 Å². The van der Waals surface area contributed by atoms with E-state index in [1.807, 2.05) is 6.92 Å². The quantitative estimate of drug-likeness (QED) is 0.467. The first-order valence-electron chi connectivity index (χ1n) is 6.18. The Bertz CT molecular complexity index is 316. The SMILES string of the molecule is CCCCS[C@@H]1O[C@@](CO)(S(C)=O)[C@@H](O)[C@H](O)[C@H]1O. The van der Waals surface area contributed by atoms with Crippen LogP contribution < -0.4 is 0 Å². The predicted octanol–water partition coefficient (Wildman–Crippen LogP) is -0.974. The second-order valence-corrected chi connectivity index (χ2v) is 7.37. The van der Waals surface area contributed by atoms with Crippen molar-refractivity contribution in [2.75, 3.05) is 18.6 Å². The third-order valence-electron chi connectivity index (χ3n) is 3.21. The van der Waals surface area contributed by atoms with Gasteiger partial charge in [-0.1, -0.05) is 13.3 Å². The van der Waals surface area contributed by atoms with E-state index in [1.54, 1.807) is 0 Å². The van der Waals surface area contributed by atoms with Crippen molar-refractivity contribution in [1.29, 1.82) is 0 Å². The zero-order chi connectivity index (χ0) is 14.6. The minimum absolute atomic E-state index is 0.689. The molecule has 0 bridgehead atoms. The van der Waals surface area contributed by atoms with E-state index in [9.17, 15) is 24.6 Å². The van der Waals surface area contributed by atoms with Crippen LogP contribution in [0.5, 0.6) is 0 Å². The van der Waals surface area contributed by atoms with E-state index in [-0.39, 0.29) is 0 Å². The number of aliphatic hydroxyl groups excluding tert-OH is 4. The number of aliphatic hydroxyl groups is 4. The highest BCUT2D eigenvalue weighted by molar-refractivity contribution is 7.99. The first-order chi connectivity index (χ1) is 8.90. The van der Waals surface area contributed by atoms with Crippen LogP contribution in [0.3, 0.4) is 0 Å². The van der Waals surface area contributed by atoms with Crippen molar-refractivity contribution in [3.8, 4) is 0 Å². The fourth-order valence-corrected chi connectivity index (χ4v) is 4.13. The average Bonchev–Trinajstić information content (AvgIpc) is 2.39. The highest BCUT2D eigenvalue weighted by atomic mass is 32.2. The van der Waals surface area contributed by atoms with Crippen molar-refractivity contribution in [2.45, 2.75) is 48.4 Å². The Morgan fingerprint density at radius 2 is 1.95 bits per heavy atom. The van der Waals surface area contributed by atoms with Crippen molar-refractivity contribution in [2.24, 2.45) is 0 Å². The summed E-state index contributed by atoms with van der Waals surface area (Å²) in [7, 11) is -1.71. The van der Waals surface area contributed by atoms with E-state index in [2.05, 4.69) is 0 Å². The Balaban J connectivity index is 2.87. The summed E-state index contributed by atoms with van der Waals surface area (Å²) in [5.41, 5.74) is -0.819. The van der Waals surface area contributed by atoms with Crippen molar-refractivity contribution in [1.82, 2.24) is 0 Å². The monoisotopic (exact) mass is 314 g/mol. The summed E-state index contributed by atoms with van der Waals surface area (Å²) in [4.78, 5) is -1.75. The van der Waals surface area contributed by atoms with Crippen molar-refractivity contribution in [3.05, 3.63) is 0 Å². The van der Waals surface area contributed by atoms with Gasteiger partial charge in [0, 0.05) is 6.26 Å². The fraction of sp³-hybridized carbons (Fsp3) is 1.00. The Morgan fingerprint density at radius 3 is 2.42 bits per heavy atom. The average molecular weight is 314 g/mol. The topological polar surface area (TPSA) is 107 Å². The van der Waals surface area contributed by atoms with Gasteiger partial charge in [0.25, 0.3) is 0 Å². The zero-order valence-electron chi connectivity index (χ0n) is 11.1. The summed E-state index contributed by atoms with van der Waals surface area (Å²) in [6.07, 6.45) is -1.19. The van der Waals surface area contributed by atoms with E-state index in [4.69, 9.17) is 4.74 Å². The number of hydrogen-bond acceptors (Lipinski definition) is 7. The minimum Gasteiger partial charge on any atom is -0.392 e. The molecule has 0 aromatic carbocycles. The molecule has 8 heteroatoms. The summed E-state index contributed by atoms with van der Waals surface area (Å²) < 4.78 is 17.2. The molecule has 0 amide bonds. The number of thioether (sulfide) groups is 1. The van der Waals surface area contributed by atoms with Crippen molar-refractivity contribution < 1.29 is 29.4 Å². The van der Waals surface area contributed by atoms with Crippen LogP contribution in [0.25, 0.3) is 0 Å². The van der Waals surface area contributed by atoms with Crippen LogP contribution in [-0.2, 0) is 15.5 Å². The van der Waals surface area contributed by atoms with Gasteiger partial charge in [-0.15, -0.1) is 11.8 Å². The molecule has 0 aromatic rings. The summed E-state index contributed by atoms with van der Waals surface area (Å²) in [5, 5.41) is 39.0. The lowest BCUT2D eigenvalue weighted by atomic mass is 10.00. The molecular formula is C11H22O6S2. The molecule has 6 atom stereocenters. The number of unbranched alkanes of at least 4 members (excludes halogenated alkanes) is 1. The van der Waals surface area contributed by atoms with Gasteiger partial charge in [0.15, 0.2) is 4.93 Å². The second-order valence-electron chi connectivity index (χ2n) is 4.56. The second kappa shape index (κ2) is 7.35. The summed E-state index contributed by atoms with van der Waals surface area (Å²) in [5.74, 6) is 0.707. The molecule has 4 N–H and O–H groups in total. The van der Waals surface area contributed by atoms with Gasteiger partial charge < -0.3 is 25.2 Å². The Kier molecular flexibility index (Phi) is 6.71. The summed E-state index contributed by atoms with van der Waals surface area (Å²) in [6.45, 7) is 1.34. The predicted molar refractivity (Wildman–Crippen MR) is 74.1 cm³/mol. The van der Waals surface area contributed by atoms with Gasteiger partial charge in [0.2, 0.25) is 0 Å². The first-order valence-corrected chi connectivity index (χ1v) is 8.79. The van der Waals surface area contributed by atoms with Crippen molar-refractivity contribution in [3.63, 3.8) is 0 Å². The van der Waals surface area contributed by atoms with E-state index in [0.29, 0.717) is 5.75 Å². The third kappa shape index (κ3) is 3.49. The molecule has 1 rings (SSSR count). The van der Waals surface area contributed by atoms with Gasteiger partial charge in [-0.25, -0.2) is 0 Å². The molecule has 6 nitrogen and oxygen atoms in total. The molecule has 1 unspecified atom stereocenters. The third-order valence-corrected chi connectivity index (χ3v) is 5.87. The molecule has 1 heterocycles. The summed E-state index contributed by atoms with van der Waals surface area (Å²) >= 11 is 1.28. The maximum Gasteiger partial charge on any atom is 0.194 e. The molecule has 0 aliphatic carbocycles. The number of rotatable bonds is 6. The Labute approximate surface area is 119 Å². The highest BCUT2D eigenvalue weighted by Crippen LogP contribution is 2.36. The lowest BCUT2D eigenvalue weighted by Gasteiger charge is -2.46. The standard InChI is InChI=1S/C11H22O6S2/c1-3-4-5-18-10-8(14)7(13)9(15)11(6-12,17-10)19(2)16/h7-10,12-15H,3-6H2,1-2H3/t7-,8-,9+,10+,11+,19?/m1/s1. The van der Waals surface area contributed by atoms with E-state index >= 15 is 0 Å². The van der Waals surface area contributed by atoms with E-state index in [0.717, 1.165) is 12.8 Å². The lowest BCUT2D eigenvalue weighted by molar-refractivity contribution is -0.221. The molecule has 1 aliphatic rings. The Morgan fingerprint density at radius 1 is 1.32 bits per heavy atom. The number of hydrogen-bond donors (Lipinski definition) is 4. The van der Waals surface area contributed by atoms with E-state index < -0.39 is 46.1 Å². The van der Waals surface area contributed by atoms with Crippen LogP contribution in [0, 0.1) is 0 Å².